The van der Waals surface area contributed by atoms with Crippen LogP contribution in [0.3, 0.4) is 0 Å². The van der Waals surface area contributed by atoms with Gasteiger partial charge in [-0.1, -0.05) is 39.3 Å². The second-order valence-corrected chi connectivity index (χ2v) is 10.0. The fourth-order valence-corrected chi connectivity index (χ4v) is 5.09. The Labute approximate surface area is 162 Å². The number of hydrogen-bond acceptors (Lipinski definition) is 3. The van der Waals surface area contributed by atoms with Crippen LogP contribution in [0.5, 0.6) is 0 Å². The number of rotatable bonds is 6. The van der Waals surface area contributed by atoms with Crippen molar-refractivity contribution >= 4 is 27.5 Å². The van der Waals surface area contributed by atoms with E-state index >= 15 is 0 Å². The summed E-state index contributed by atoms with van der Waals surface area (Å²) < 4.78 is 26.9. The highest BCUT2D eigenvalue weighted by atomic mass is 35.5. The first-order chi connectivity index (χ1) is 12.1. The molecule has 0 unspecified atom stereocenters. The molecule has 0 saturated carbocycles. The van der Waals surface area contributed by atoms with E-state index in [9.17, 15) is 13.2 Å². The Kier molecular flexibility index (Phi) is 7.11. The highest BCUT2D eigenvalue weighted by Gasteiger charge is 2.33. The van der Waals surface area contributed by atoms with E-state index in [1.54, 1.807) is 12.1 Å². The summed E-state index contributed by atoms with van der Waals surface area (Å²) in [5, 5.41) is 3.66. The molecule has 1 fully saturated rings. The van der Waals surface area contributed by atoms with Crippen LogP contribution in [-0.4, -0.2) is 37.8 Å². The molecule has 26 heavy (non-hydrogen) atoms. The van der Waals surface area contributed by atoms with Crippen LogP contribution >= 0.6 is 11.6 Å². The molecule has 1 aromatic rings. The Hall–Kier alpha value is -1.11. The highest BCUT2D eigenvalue weighted by Crippen LogP contribution is 2.25. The van der Waals surface area contributed by atoms with Crippen molar-refractivity contribution in [3.05, 3.63) is 29.3 Å². The van der Waals surface area contributed by atoms with Crippen LogP contribution in [0.15, 0.2) is 29.2 Å². The SMILES string of the molecule is CC(C)C(NC(=O)C1CCN(S(=O)(=O)c2ccc(Cl)cc2)CC1)C(C)C. The highest BCUT2D eigenvalue weighted by molar-refractivity contribution is 7.89. The van der Waals surface area contributed by atoms with Crippen LogP contribution < -0.4 is 5.32 Å². The van der Waals surface area contributed by atoms with E-state index < -0.39 is 10.0 Å². The predicted octanol–water partition coefficient (Wildman–Crippen LogP) is 3.54. The molecule has 0 radical (unpaired) electrons. The van der Waals surface area contributed by atoms with Gasteiger partial charge in [0.25, 0.3) is 0 Å². The smallest absolute Gasteiger partial charge is 0.243 e. The van der Waals surface area contributed by atoms with Crippen molar-refractivity contribution in [2.75, 3.05) is 13.1 Å². The summed E-state index contributed by atoms with van der Waals surface area (Å²) >= 11 is 5.83. The minimum atomic E-state index is -3.53. The lowest BCUT2D eigenvalue weighted by Gasteiger charge is -2.33. The maximum atomic E-state index is 12.7. The number of nitrogens with one attached hydrogen (secondary N) is 1. The van der Waals surface area contributed by atoms with Crippen LogP contribution in [0.2, 0.25) is 5.02 Å². The summed E-state index contributed by atoms with van der Waals surface area (Å²) in [5.74, 6) is 0.640. The molecule has 146 valence electrons. The van der Waals surface area contributed by atoms with Gasteiger partial charge in [0.1, 0.15) is 0 Å². The first-order valence-corrected chi connectivity index (χ1v) is 11.0. The molecule has 0 aromatic heterocycles. The molecule has 0 aliphatic carbocycles. The number of piperidine rings is 1. The maximum absolute atomic E-state index is 12.7. The molecule has 5 nitrogen and oxygen atoms in total. The molecule has 1 N–H and O–H groups in total. The van der Waals surface area contributed by atoms with Crippen molar-refractivity contribution in [2.24, 2.45) is 17.8 Å². The lowest BCUT2D eigenvalue weighted by Crippen LogP contribution is -2.48. The van der Waals surface area contributed by atoms with Crippen molar-refractivity contribution in [2.45, 2.75) is 51.5 Å². The quantitative estimate of drug-likeness (QED) is 0.794. The normalized spacial score (nSPS) is 17.2. The molecular weight excluding hydrogens is 372 g/mol. The predicted molar refractivity (Wildman–Crippen MR) is 105 cm³/mol. The summed E-state index contributed by atoms with van der Waals surface area (Å²) in [6, 6.07) is 6.33. The second kappa shape index (κ2) is 8.72. The van der Waals surface area contributed by atoms with E-state index in [1.165, 1.54) is 16.4 Å². The monoisotopic (exact) mass is 400 g/mol. The molecular formula is C19H29ClN2O3S. The average Bonchev–Trinajstić information content (AvgIpc) is 2.59. The number of amides is 1. The third-order valence-corrected chi connectivity index (χ3v) is 7.19. The van der Waals surface area contributed by atoms with Gasteiger partial charge in [-0.15, -0.1) is 0 Å². The Bertz CT molecular complexity index is 701. The summed E-state index contributed by atoms with van der Waals surface area (Å²) in [5.41, 5.74) is 0. The van der Waals surface area contributed by atoms with Gasteiger partial charge in [0.05, 0.1) is 4.90 Å². The zero-order valence-corrected chi connectivity index (χ0v) is 17.5. The second-order valence-electron chi connectivity index (χ2n) is 7.65. The summed E-state index contributed by atoms with van der Waals surface area (Å²) in [6.07, 6.45) is 1.09. The number of carbonyl (C=O) groups excluding carboxylic acids is 1. The molecule has 1 saturated heterocycles. The average molecular weight is 401 g/mol. The molecule has 7 heteroatoms. The molecule has 2 rings (SSSR count). The molecule has 1 aliphatic rings. The van der Waals surface area contributed by atoms with Gasteiger partial charge < -0.3 is 5.32 Å². The zero-order valence-electron chi connectivity index (χ0n) is 15.9. The third kappa shape index (κ3) is 4.99. The number of carbonyl (C=O) groups is 1. The van der Waals surface area contributed by atoms with Gasteiger partial charge in [0.15, 0.2) is 0 Å². The van der Waals surface area contributed by atoms with Gasteiger partial charge in [-0.25, -0.2) is 8.42 Å². The fraction of sp³-hybridized carbons (Fsp3) is 0.632. The summed E-state index contributed by atoms with van der Waals surface area (Å²) in [7, 11) is -3.53. The molecule has 1 amide bonds. The van der Waals surface area contributed by atoms with Gasteiger partial charge in [-0.05, 0) is 48.9 Å². The van der Waals surface area contributed by atoms with Crippen LogP contribution in [0.4, 0.5) is 0 Å². The van der Waals surface area contributed by atoms with Gasteiger partial charge in [0.2, 0.25) is 15.9 Å². The first kappa shape index (κ1) is 21.2. The Balaban J connectivity index is 1.98. The Morgan fingerprint density at radius 2 is 1.58 bits per heavy atom. The van der Waals surface area contributed by atoms with Crippen molar-refractivity contribution in [3.8, 4) is 0 Å². The molecule has 0 bridgehead atoms. The van der Waals surface area contributed by atoms with E-state index in [0.717, 1.165) is 0 Å². The number of halogens is 1. The van der Waals surface area contributed by atoms with Crippen molar-refractivity contribution < 1.29 is 13.2 Å². The van der Waals surface area contributed by atoms with Crippen LogP contribution in [0.25, 0.3) is 0 Å². The van der Waals surface area contributed by atoms with Crippen molar-refractivity contribution in [1.29, 1.82) is 0 Å². The molecule has 1 heterocycles. The standard InChI is InChI=1S/C19H29ClN2O3S/c1-13(2)18(14(3)4)21-19(23)15-9-11-22(12-10-15)26(24,25)17-7-5-16(20)6-8-17/h5-8,13-15,18H,9-12H2,1-4H3,(H,21,23). The van der Waals surface area contributed by atoms with Gasteiger partial charge >= 0.3 is 0 Å². The number of benzene rings is 1. The summed E-state index contributed by atoms with van der Waals surface area (Å²) in [4.78, 5) is 12.8. The third-order valence-electron chi connectivity index (χ3n) is 5.02. The molecule has 1 aliphatic heterocycles. The Morgan fingerprint density at radius 1 is 1.08 bits per heavy atom. The number of sulfonamides is 1. The fourth-order valence-electron chi connectivity index (χ4n) is 3.50. The van der Waals surface area contributed by atoms with E-state index in [-0.39, 0.29) is 22.8 Å². The largest absolute Gasteiger partial charge is 0.353 e. The first-order valence-electron chi connectivity index (χ1n) is 9.19. The Morgan fingerprint density at radius 3 is 2.04 bits per heavy atom. The van der Waals surface area contributed by atoms with Crippen molar-refractivity contribution in [1.82, 2.24) is 9.62 Å². The minimum Gasteiger partial charge on any atom is -0.353 e. The van der Waals surface area contributed by atoms with Gasteiger partial charge in [-0.2, -0.15) is 4.31 Å². The lowest BCUT2D eigenvalue weighted by molar-refractivity contribution is -0.127. The van der Waals surface area contributed by atoms with Gasteiger partial charge in [-0.3, -0.25) is 4.79 Å². The maximum Gasteiger partial charge on any atom is 0.243 e. The van der Waals surface area contributed by atoms with E-state index in [1.807, 2.05) is 0 Å². The summed E-state index contributed by atoms with van der Waals surface area (Å²) in [6.45, 7) is 9.13. The van der Waals surface area contributed by atoms with Gasteiger partial charge in [0, 0.05) is 30.1 Å². The van der Waals surface area contributed by atoms with Crippen LogP contribution in [0, 0.1) is 17.8 Å². The van der Waals surface area contributed by atoms with Crippen LogP contribution in [0.1, 0.15) is 40.5 Å². The lowest BCUT2D eigenvalue weighted by atomic mass is 9.91. The van der Waals surface area contributed by atoms with Crippen LogP contribution in [-0.2, 0) is 14.8 Å². The number of nitrogens with zero attached hydrogens (tertiary/aromatic N) is 1. The number of hydrogen-bond donors (Lipinski definition) is 1. The van der Waals surface area contributed by atoms with E-state index in [0.29, 0.717) is 42.8 Å². The zero-order chi connectivity index (χ0) is 19.5. The molecule has 0 atom stereocenters. The van der Waals surface area contributed by atoms with Crippen molar-refractivity contribution in [3.63, 3.8) is 0 Å². The van der Waals surface area contributed by atoms with E-state index in [4.69, 9.17) is 11.6 Å². The molecule has 1 aromatic carbocycles. The minimum absolute atomic E-state index is 0.0425. The topological polar surface area (TPSA) is 66.5 Å². The van der Waals surface area contributed by atoms with E-state index in [2.05, 4.69) is 33.0 Å². The molecule has 0 spiro atoms.